The van der Waals surface area contributed by atoms with Crippen molar-refractivity contribution in [3.8, 4) is 22.8 Å². The first-order valence-electron chi connectivity index (χ1n) is 8.23. The van der Waals surface area contributed by atoms with Gasteiger partial charge in [0.15, 0.2) is 5.82 Å². The molecule has 140 valence electrons. The molecule has 0 radical (unpaired) electrons. The zero-order valence-corrected chi connectivity index (χ0v) is 16.3. The van der Waals surface area contributed by atoms with E-state index in [4.69, 9.17) is 4.74 Å². The first-order valence-corrected chi connectivity index (χ1v) is 9.92. The maximum Gasteiger partial charge on any atom is 0.294 e. The van der Waals surface area contributed by atoms with Gasteiger partial charge >= 0.3 is 0 Å². The van der Waals surface area contributed by atoms with E-state index in [2.05, 4.69) is 10.2 Å². The molecule has 0 fully saturated rings. The lowest BCUT2D eigenvalue weighted by Crippen LogP contribution is -2.00. The molecule has 4 aromatic rings. The third-order valence-electron chi connectivity index (χ3n) is 3.99. The summed E-state index contributed by atoms with van der Waals surface area (Å²) in [4.78, 5) is 10.9. The van der Waals surface area contributed by atoms with Crippen LogP contribution in [0.3, 0.4) is 0 Å². The molecule has 0 unspecified atom stereocenters. The molecule has 9 heteroatoms. The largest absolute Gasteiger partial charge is 0.496 e. The number of benzene rings is 2. The van der Waals surface area contributed by atoms with Crippen LogP contribution in [0.25, 0.3) is 17.1 Å². The maximum atomic E-state index is 11.3. The zero-order chi connectivity index (χ0) is 19.5. The van der Waals surface area contributed by atoms with E-state index in [9.17, 15) is 10.1 Å². The Morgan fingerprint density at radius 3 is 2.57 bits per heavy atom. The fourth-order valence-electron chi connectivity index (χ4n) is 2.73. The summed E-state index contributed by atoms with van der Waals surface area (Å²) >= 11 is 2.53. The van der Waals surface area contributed by atoms with Gasteiger partial charge in [0.2, 0.25) is 5.16 Å². The van der Waals surface area contributed by atoms with Gasteiger partial charge < -0.3 is 4.74 Å². The number of methoxy groups -OCH3 is 1. The Morgan fingerprint density at radius 1 is 1.07 bits per heavy atom. The highest BCUT2D eigenvalue weighted by Crippen LogP contribution is 2.41. The van der Waals surface area contributed by atoms with E-state index in [0.717, 1.165) is 11.3 Å². The first kappa shape index (κ1) is 18.2. The number of aromatic nitrogens is 3. The summed E-state index contributed by atoms with van der Waals surface area (Å²) in [6, 6.07) is 18.7. The summed E-state index contributed by atoms with van der Waals surface area (Å²) in [6.07, 6.45) is 0. The molecule has 0 saturated heterocycles. The monoisotopic (exact) mass is 410 g/mol. The Labute approximate surface area is 168 Å². The van der Waals surface area contributed by atoms with Gasteiger partial charge in [-0.25, -0.2) is 0 Å². The number of thiophene rings is 1. The van der Waals surface area contributed by atoms with E-state index >= 15 is 0 Å². The molecule has 7 nitrogen and oxygen atoms in total. The van der Waals surface area contributed by atoms with Gasteiger partial charge in [0.1, 0.15) is 9.96 Å². The van der Waals surface area contributed by atoms with E-state index in [-0.39, 0.29) is 10.6 Å². The normalized spacial score (nSPS) is 10.8. The van der Waals surface area contributed by atoms with Crippen LogP contribution in [0.2, 0.25) is 0 Å². The summed E-state index contributed by atoms with van der Waals surface area (Å²) in [6.45, 7) is 0. The van der Waals surface area contributed by atoms with Crippen LogP contribution in [-0.2, 0) is 0 Å². The lowest BCUT2D eigenvalue weighted by molar-refractivity contribution is -0.387. The molecule has 0 spiro atoms. The van der Waals surface area contributed by atoms with E-state index in [1.165, 1.54) is 29.2 Å². The third-order valence-corrected chi connectivity index (χ3v) is 6.06. The molecule has 0 aliphatic carbocycles. The highest BCUT2D eigenvalue weighted by atomic mass is 32.2. The highest BCUT2D eigenvalue weighted by Gasteiger charge is 2.23. The van der Waals surface area contributed by atoms with E-state index in [1.54, 1.807) is 12.5 Å². The molecule has 2 aromatic heterocycles. The molecular formula is C19H14N4O3S2. The third kappa shape index (κ3) is 3.37. The average molecular weight is 410 g/mol. The standard InChI is InChI=1S/C19H14N4O3S2/c1-26-16-10-6-5-9-14(16)17-20-21-19(22(17)13-7-3-2-4-8-13)28-18-15(23(24)25)11-12-27-18/h2-12H,1H3. The van der Waals surface area contributed by atoms with E-state index in [1.807, 2.05) is 59.2 Å². The number of nitrogens with zero attached hydrogens (tertiary/aromatic N) is 4. The van der Waals surface area contributed by atoms with Crippen molar-refractivity contribution >= 4 is 28.8 Å². The van der Waals surface area contributed by atoms with Gasteiger partial charge in [-0.15, -0.1) is 21.5 Å². The van der Waals surface area contributed by atoms with Gasteiger partial charge in [0.05, 0.1) is 17.6 Å². The second-order valence-electron chi connectivity index (χ2n) is 5.63. The van der Waals surface area contributed by atoms with Crippen LogP contribution in [0.5, 0.6) is 5.75 Å². The van der Waals surface area contributed by atoms with Crippen LogP contribution in [-0.4, -0.2) is 26.8 Å². The molecule has 2 aromatic carbocycles. The molecular weight excluding hydrogens is 396 g/mol. The molecule has 0 aliphatic heterocycles. The Balaban J connectivity index is 1.87. The SMILES string of the molecule is COc1ccccc1-c1nnc(Sc2sccc2[N+](=O)[O-])n1-c1ccccc1. The van der Waals surface area contributed by atoms with Crippen molar-refractivity contribution in [2.45, 2.75) is 9.37 Å². The number of hydrogen-bond donors (Lipinski definition) is 0. The fraction of sp³-hybridized carbons (Fsp3) is 0.0526. The Kier molecular flexibility index (Phi) is 5.09. The number of rotatable bonds is 6. The van der Waals surface area contributed by atoms with Crippen LogP contribution < -0.4 is 4.74 Å². The first-order chi connectivity index (χ1) is 13.7. The van der Waals surface area contributed by atoms with Crippen LogP contribution in [0.4, 0.5) is 5.69 Å². The van der Waals surface area contributed by atoms with Crippen molar-refractivity contribution < 1.29 is 9.66 Å². The topological polar surface area (TPSA) is 83.1 Å². The van der Waals surface area contributed by atoms with Gasteiger partial charge in [-0.05, 0) is 41.4 Å². The van der Waals surface area contributed by atoms with Crippen LogP contribution in [0.15, 0.2) is 75.4 Å². The molecule has 0 bridgehead atoms. The molecule has 0 atom stereocenters. The summed E-state index contributed by atoms with van der Waals surface area (Å²) in [5, 5.41) is 22.2. The smallest absolute Gasteiger partial charge is 0.294 e. The van der Waals surface area contributed by atoms with Crippen molar-refractivity contribution in [1.82, 2.24) is 14.8 Å². The molecule has 0 N–H and O–H groups in total. The Hall–Kier alpha value is -3.17. The van der Waals surface area contributed by atoms with Gasteiger partial charge in [-0.1, -0.05) is 30.3 Å². The van der Waals surface area contributed by atoms with Crippen LogP contribution in [0, 0.1) is 10.1 Å². The summed E-state index contributed by atoms with van der Waals surface area (Å²) in [5.74, 6) is 1.27. The molecule has 0 amide bonds. The lowest BCUT2D eigenvalue weighted by Gasteiger charge is -2.12. The summed E-state index contributed by atoms with van der Waals surface area (Å²) in [5.41, 5.74) is 1.71. The van der Waals surface area contributed by atoms with Gasteiger partial charge in [-0.2, -0.15) is 0 Å². The maximum absolute atomic E-state index is 11.3. The Bertz CT molecular complexity index is 1130. The van der Waals surface area contributed by atoms with Crippen molar-refractivity contribution in [3.63, 3.8) is 0 Å². The highest BCUT2D eigenvalue weighted by molar-refractivity contribution is 8.01. The molecule has 28 heavy (non-hydrogen) atoms. The average Bonchev–Trinajstić information content (AvgIpc) is 3.36. The van der Waals surface area contributed by atoms with Crippen LogP contribution in [0.1, 0.15) is 0 Å². The number of nitro groups is 1. The van der Waals surface area contributed by atoms with Crippen molar-refractivity contribution in [1.29, 1.82) is 0 Å². The number of para-hydroxylation sites is 2. The van der Waals surface area contributed by atoms with Crippen molar-refractivity contribution in [2.24, 2.45) is 0 Å². The predicted molar refractivity (Wildman–Crippen MR) is 108 cm³/mol. The Morgan fingerprint density at radius 2 is 1.82 bits per heavy atom. The van der Waals surface area contributed by atoms with Crippen LogP contribution >= 0.6 is 23.1 Å². The molecule has 4 rings (SSSR count). The summed E-state index contributed by atoms with van der Waals surface area (Å²) in [7, 11) is 1.60. The van der Waals surface area contributed by atoms with E-state index < -0.39 is 0 Å². The second-order valence-corrected chi connectivity index (χ2v) is 7.78. The van der Waals surface area contributed by atoms with Crippen molar-refractivity contribution in [3.05, 3.63) is 76.2 Å². The number of ether oxygens (including phenoxy) is 1. The lowest BCUT2D eigenvalue weighted by atomic mass is 10.2. The summed E-state index contributed by atoms with van der Waals surface area (Å²) < 4.78 is 7.92. The number of hydrogen-bond acceptors (Lipinski definition) is 7. The second kappa shape index (κ2) is 7.83. The zero-order valence-electron chi connectivity index (χ0n) is 14.7. The molecule has 0 aliphatic rings. The minimum absolute atomic E-state index is 0.0662. The fourth-order valence-corrected chi connectivity index (χ4v) is 4.68. The molecule has 0 saturated carbocycles. The van der Waals surface area contributed by atoms with Gasteiger partial charge in [0.25, 0.3) is 5.69 Å². The van der Waals surface area contributed by atoms with Gasteiger partial charge in [-0.3, -0.25) is 14.7 Å². The quantitative estimate of drug-likeness (QED) is 0.326. The molecule has 2 heterocycles. The predicted octanol–water partition coefficient (Wildman–Crippen LogP) is 5.06. The minimum atomic E-state index is -0.386. The van der Waals surface area contributed by atoms with E-state index in [0.29, 0.717) is 20.9 Å². The van der Waals surface area contributed by atoms with Gasteiger partial charge in [0, 0.05) is 11.8 Å². The van der Waals surface area contributed by atoms with Crippen molar-refractivity contribution in [2.75, 3.05) is 7.11 Å². The minimum Gasteiger partial charge on any atom is -0.496 e.